The summed E-state index contributed by atoms with van der Waals surface area (Å²) in [6.45, 7) is 1.66. The van der Waals surface area contributed by atoms with Crippen LogP contribution in [0.25, 0.3) is 0 Å². The van der Waals surface area contributed by atoms with Crippen LogP contribution in [-0.4, -0.2) is 22.5 Å². The molecule has 2 aromatic rings. The fourth-order valence-corrected chi connectivity index (χ4v) is 2.25. The number of amides is 2. The number of carbonyl (C=O) groups is 2. The Labute approximate surface area is 127 Å². The van der Waals surface area contributed by atoms with Crippen LogP contribution in [0.3, 0.4) is 0 Å². The standard InChI is InChI=1S/C16H14N4O2/c1-11-14(15(21)18-12-7-3-2-4-8-12)16(22)20(19-11)13-9-5-6-10-17-13/h2-10,14H,1H3,(H,18,21). The van der Waals surface area contributed by atoms with Gasteiger partial charge in [0, 0.05) is 11.9 Å². The second-order valence-corrected chi connectivity index (χ2v) is 4.87. The Kier molecular flexibility index (Phi) is 3.65. The number of nitrogens with zero attached hydrogens (tertiary/aromatic N) is 3. The minimum absolute atomic E-state index is 0.393. The average Bonchev–Trinajstić information content (AvgIpc) is 2.84. The van der Waals surface area contributed by atoms with Crippen LogP contribution in [0, 0.1) is 5.92 Å². The Morgan fingerprint density at radius 1 is 1.14 bits per heavy atom. The summed E-state index contributed by atoms with van der Waals surface area (Å²) in [7, 11) is 0. The second kappa shape index (κ2) is 5.77. The van der Waals surface area contributed by atoms with Gasteiger partial charge in [-0.15, -0.1) is 0 Å². The molecule has 1 aliphatic heterocycles. The first-order chi connectivity index (χ1) is 10.7. The Bertz CT molecular complexity index is 728. The summed E-state index contributed by atoms with van der Waals surface area (Å²) >= 11 is 0. The normalized spacial score (nSPS) is 17.3. The molecule has 1 aromatic carbocycles. The van der Waals surface area contributed by atoms with E-state index in [1.165, 1.54) is 5.01 Å². The molecule has 0 saturated heterocycles. The van der Waals surface area contributed by atoms with Gasteiger partial charge in [-0.05, 0) is 31.2 Å². The van der Waals surface area contributed by atoms with Crippen LogP contribution in [0.15, 0.2) is 59.8 Å². The van der Waals surface area contributed by atoms with Gasteiger partial charge in [-0.3, -0.25) is 9.59 Å². The van der Waals surface area contributed by atoms with Gasteiger partial charge in [0.15, 0.2) is 11.7 Å². The molecular formula is C16H14N4O2. The molecule has 1 atom stereocenters. The van der Waals surface area contributed by atoms with E-state index in [-0.39, 0.29) is 0 Å². The molecule has 3 rings (SSSR count). The third-order valence-electron chi connectivity index (χ3n) is 3.30. The van der Waals surface area contributed by atoms with E-state index in [9.17, 15) is 9.59 Å². The lowest BCUT2D eigenvalue weighted by Gasteiger charge is -2.13. The van der Waals surface area contributed by atoms with Crippen LogP contribution in [0.2, 0.25) is 0 Å². The summed E-state index contributed by atoms with van der Waals surface area (Å²) in [5, 5.41) is 8.06. The van der Waals surface area contributed by atoms with Crippen LogP contribution in [0.5, 0.6) is 0 Å². The average molecular weight is 294 g/mol. The number of para-hydroxylation sites is 1. The van der Waals surface area contributed by atoms with Gasteiger partial charge in [-0.2, -0.15) is 10.1 Å². The van der Waals surface area contributed by atoms with Crippen molar-refractivity contribution in [1.29, 1.82) is 0 Å². The molecule has 0 saturated carbocycles. The molecule has 0 aliphatic carbocycles. The van der Waals surface area contributed by atoms with Crippen LogP contribution in [0.1, 0.15) is 6.92 Å². The number of anilines is 2. The van der Waals surface area contributed by atoms with Crippen molar-refractivity contribution in [2.24, 2.45) is 11.0 Å². The molecule has 0 fully saturated rings. The number of nitrogens with one attached hydrogen (secondary N) is 1. The Morgan fingerprint density at radius 3 is 2.55 bits per heavy atom. The van der Waals surface area contributed by atoms with Gasteiger partial charge >= 0.3 is 0 Å². The van der Waals surface area contributed by atoms with E-state index in [4.69, 9.17) is 0 Å². The molecule has 0 spiro atoms. The fourth-order valence-electron chi connectivity index (χ4n) is 2.25. The quantitative estimate of drug-likeness (QED) is 0.880. The van der Waals surface area contributed by atoms with Crippen molar-refractivity contribution in [2.45, 2.75) is 6.92 Å². The predicted molar refractivity (Wildman–Crippen MR) is 83.4 cm³/mol. The lowest BCUT2D eigenvalue weighted by molar-refractivity contribution is -0.127. The molecular weight excluding hydrogens is 280 g/mol. The van der Waals surface area contributed by atoms with E-state index in [0.29, 0.717) is 17.2 Å². The summed E-state index contributed by atoms with van der Waals surface area (Å²) in [5.74, 6) is -1.32. The fraction of sp³-hybridized carbons (Fsp3) is 0.125. The van der Waals surface area contributed by atoms with E-state index < -0.39 is 17.7 Å². The summed E-state index contributed by atoms with van der Waals surface area (Å²) < 4.78 is 0. The first-order valence-electron chi connectivity index (χ1n) is 6.83. The molecule has 0 bridgehead atoms. The van der Waals surface area contributed by atoms with Crippen LogP contribution in [-0.2, 0) is 9.59 Å². The molecule has 1 aliphatic rings. The minimum atomic E-state index is -0.929. The SMILES string of the molecule is CC1=NN(c2ccccn2)C(=O)C1C(=O)Nc1ccccc1. The van der Waals surface area contributed by atoms with Crippen molar-refractivity contribution in [3.63, 3.8) is 0 Å². The lowest BCUT2D eigenvalue weighted by Crippen LogP contribution is -2.36. The number of pyridine rings is 1. The smallest absolute Gasteiger partial charge is 0.267 e. The molecule has 22 heavy (non-hydrogen) atoms. The highest BCUT2D eigenvalue weighted by atomic mass is 16.2. The first kappa shape index (κ1) is 13.9. The van der Waals surface area contributed by atoms with E-state index >= 15 is 0 Å². The van der Waals surface area contributed by atoms with Gasteiger partial charge in [-0.25, -0.2) is 4.98 Å². The summed E-state index contributed by atoms with van der Waals surface area (Å²) in [5.41, 5.74) is 1.09. The maximum Gasteiger partial charge on any atom is 0.267 e. The van der Waals surface area contributed by atoms with E-state index in [2.05, 4.69) is 15.4 Å². The van der Waals surface area contributed by atoms with Crippen molar-refractivity contribution < 1.29 is 9.59 Å². The number of hydrogen-bond donors (Lipinski definition) is 1. The molecule has 1 aromatic heterocycles. The molecule has 6 nitrogen and oxygen atoms in total. The van der Waals surface area contributed by atoms with Crippen LogP contribution >= 0.6 is 0 Å². The predicted octanol–water partition coefficient (Wildman–Crippen LogP) is 2.06. The monoisotopic (exact) mass is 294 g/mol. The molecule has 2 amide bonds. The number of carbonyl (C=O) groups excluding carboxylic acids is 2. The minimum Gasteiger partial charge on any atom is -0.325 e. The summed E-state index contributed by atoms with van der Waals surface area (Å²) in [6.07, 6.45) is 1.57. The van der Waals surface area contributed by atoms with Gasteiger partial charge in [0.2, 0.25) is 5.91 Å². The van der Waals surface area contributed by atoms with Crippen molar-refractivity contribution in [3.8, 4) is 0 Å². The van der Waals surface area contributed by atoms with E-state index in [0.717, 1.165) is 0 Å². The van der Waals surface area contributed by atoms with Gasteiger partial charge < -0.3 is 5.32 Å². The van der Waals surface area contributed by atoms with Gasteiger partial charge in [0.05, 0.1) is 5.71 Å². The summed E-state index contributed by atoms with van der Waals surface area (Å²) in [4.78, 5) is 28.9. The van der Waals surface area contributed by atoms with Gasteiger partial charge in [0.1, 0.15) is 0 Å². The lowest BCUT2D eigenvalue weighted by atomic mass is 10.0. The molecule has 110 valence electrons. The number of hydrogen-bond acceptors (Lipinski definition) is 4. The summed E-state index contributed by atoms with van der Waals surface area (Å²) in [6, 6.07) is 14.2. The first-order valence-corrected chi connectivity index (χ1v) is 6.83. The van der Waals surface area contributed by atoms with Crippen molar-refractivity contribution in [3.05, 3.63) is 54.7 Å². The van der Waals surface area contributed by atoms with E-state index in [1.807, 2.05) is 18.2 Å². The van der Waals surface area contributed by atoms with Gasteiger partial charge in [-0.1, -0.05) is 24.3 Å². The van der Waals surface area contributed by atoms with Gasteiger partial charge in [0.25, 0.3) is 5.91 Å². The largest absolute Gasteiger partial charge is 0.325 e. The Balaban J connectivity index is 1.80. The second-order valence-electron chi connectivity index (χ2n) is 4.87. The number of hydrazone groups is 1. The van der Waals surface area contributed by atoms with Crippen LogP contribution < -0.4 is 10.3 Å². The molecule has 1 unspecified atom stereocenters. The van der Waals surface area contributed by atoms with Crippen molar-refractivity contribution in [2.75, 3.05) is 10.3 Å². The topological polar surface area (TPSA) is 74.7 Å². The Hall–Kier alpha value is -3.02. The van der Waals surface area contributed by atoms with Crippen molar-refractivity contribution >= 4 is 29.0 Å². The van der Waals surface area contributed by atoms with E-state index in [1.54, 1.807) is 43.5 Å². The number of aromatic nitrogens is 1. The highest BCUT2D eigenvalue weighted by Gasteiger charge is 2.40. The Morgan fingerprint density at radius 2 is 1.86 bits per heavy atom. The molecule has 2 heterocycles. The maximum absolute atomic E-state index is 12.5. The maximum atomic E-state index is 12.5. The molecule has 0 radical (unpaired) electrons. The molecule has 1 N–H and O–H groups in total. The number of rotatable bonds is 3. The number of benzene rings is 1. The zero-order chi connectivity index (χ0) is 15.5. The third-order valence-corrected chi connectivity index (χ3v) is 3.30. The highest BCUT2D eigenvalue weighted by Crippen LogP contribution is 2.23. The zero-order valence-corrected chi connectivity index (χ0v) is 11.9. The van der Waals surface area contributed by atoms with Crippen molar-refractivity contribution in [1.82, 2.24) is 4.98 Å². The highest BCUT2D eigenvalue weighted by molar-refractivity contribution is 6.28. The van der Waals surface area contributed by atoms with Crippen LogP contribution in [0.4, 0.5) is 11.5 Å². The molecule has 6 heteroatoms. The third kappa shape index (κ3) is 2.58. The zero-order valence-electron chi connectivity index (χ0n) is 11.9.